The number of benzene rings is 1. The molecule has 0 saturated carbocycles. The van der Waals surface area contributed by atoms with Crippen molar-refractivity contribution in [3.8, 4) is 5.75 Å². The first-order chi connectivity index (χ1) is 9.51. The zero-order valence-corrected chi connectivity index (χ0v) is 12.3. The van der Waals surface area contributed by atoms with E-state index >= 15 is 0 Å². The van der Waals surface area contributed by atoms with E-state index in [-0.39, 0.29) is 11.8 Å². The quantitative estimate of drug-likeness (QED) is 0.805. The van der Waals surface area contributed by atoms with Crippen LogP contribution < -0.4 is 15.4 Å². The molecule has 7 heteroatoms. The number of nitrogens with two attached hydrogens (primary N) is 1. The number of nitrogen functional groups attached to an aromatic ring is 1. The SMILES string of the molecule is CCS(=O)(=O)N1CCN2c3ccc(N)cc3OC[C@H]2C1. The van der Waals surface area contributed by atoms with E-state index < -0.39 is 10.0 Å². The third-order valence-corrected chi connectivity index (χ3v) is 5.78. The van der Waals surface area contributed by atoms with E-state index in [4.69, 9.17) is 10.5 Å². The second-order valence-corrected chi connectivity index (χ2v) is 7.40. The fraction of sp³-hybridized carbons (Fsp3) is 0.538. The first-order valence-corrected chi connectivity index (χ1v) is 8.39. The van der Waals surface area contributed by atoms with E-state index in [0.717, 1.165) is 11.4 Å². The van der Waals surface area contributed by atoms with Crippen LogP contribution in [-0.4, -0.2) is 50.8 Å². The Morgan fingerprint density at radius 1 is 1.40 bits per heavy atom. The first-order valence-electron chi connectivity index (χ1n) is 6.78. The number of ether oxygens (including phenoxy) is 1. The van der Waals surface area contributed by atoms with E-state index in [1.54, 1.807) is 11.2 Å². The highest BCUT2D eigenvalue weighted by atomic mass is 32.2. The molecule has 2 aliphatic heterocycles. The lowest BCUT2D eigenvalue weighted by Gasteiger charge is -2.45. The zero-order chi connectivity index (χ0) is 14.3. The number of hydrogen-bond acceptors (Lipinski definition) is 5. The Morgan fingerprint density at radius 3 is 2.95 bits per heavy atom. The van der Waals surface area contributed by atoms with Crippen LogP contribution in [0.5, 0.6) is 5.75 Å². The smallest absolute Gasteiger partial charge is 0.213 e. The number of fused-ring (bicyclic) bond motifs is 3. The van der Waals surface area contributed by atoms with Gasteiger partial charge in [0.1, 0.15) is 12.4 Å². The summed E-state index contributed by atoms with van der Waals surface area (Å²) in [4.78, 5) is 2.22. The van der Waals surface area contributed by atoms with Gasteiger partial charge in [-0.25, -0.2) is 8.42 Å². The molecular formula is C13H19N3O3S. The molecule has 0 aliphatic carbocycles. The van der Waals surface area contributed by atoms with Crippen LogP contribution in [-0.2, 0) is 10.0 Å². The van der Waals surface area contributed by atoms with Gasteiger partial charge < -0.3 is 15.4 Å². The Hall–Kier alpha value is -1.47. The number of piperazine rings is 1. The molecule has 0 spiro atoms. The predicted molar refractivity (Wildman–Crippen MR) is 78.5 cm³/mol. The van der Waals surface area contributed by atoms with Crippen molar-refractivity contribution in [2.45, 2.75) is 13.0 Å². The third kappa shape index (κ3) is 2.20. The van der Waals surface area contributed by atoms with Gasteiger partial charge in [-0.1, -0.05) is 0 Å². The topological polar surface area (TPSA) is 75.9 Å². The molecule has 2 heterocycles. The van der Waals surface area contributed by atoms with Crippen molar-refractivity contribution in [1.82, 2.24) is 4.31 Å². The third-order valence-electron chi connectivity index (χ3n) is 3.93. The van der Waals surface area contributed by atoms with Crippen molar-refractivity contribution >= 4 is 21.4 Å². The van der Waals surface area contributed by atoms with Gasteiger partial charge in [0.05, 0.1) is 17.5 Å². The summed E-state index contributed by atoms with van der Waals surface area (Å²) in [6.45, 7) is 3.87. The molecule has 1 aromatic carbocycles. The maximum absolute atomic E-state index is 12.0. The van der Waals surface area contributed by atoms with Gasteiger partial charge in [0.2, 0.25) is 10.0 Å². The minimum absolute atomic E-state index is 0.0706. The van der Waals surface area contributed by atoms with Crippen molar-refractivity contribution in [3.05, 3.63) is 18.2 Å². The lowest BCUT2D eigenvalue weighted by molar-refractivity contribution is 0.216. The summed E-state index contributed by atoms with van der Waals surface area (Å²) in [6.07, 6.45) is 0. The summed E-state index contributed by atoms with van der Waals surface area (Å²) in [5.41, 5.74) is 7.44. The molecule has 2 N–H and O–H groups in total. The average Bonchev–Trinajstić information content (AvgIpc) is 2.46. The average molecular weight is 297 g/mol. The van der Waals surface area contributed by atoms with Gasteiger partial charge in [-0.15, -0.1) is 0 Å². The van der Waals surface area contributed by atoms with Crippen molar-refractivity contribution < 1.29 is 13.2 Å². The molecule has 0 unspecified atom stereocenters. The highest BCUT2D eigenvalue weighted by Crippen LogP contribution is 2.36. The van der Waals surface area contributed by atoms with Crippen LogP contribution in [0.4, 0.5) is 11.4 Å². The van der Waals surface area contributed by atoms with E-state index in [1.807, 2.05) is 18.2 Å². The van der Waals surface area contributed by atoms with Crippen LogP contribution in [0, 0.1) is 0 Å². The molecule has 1 aromatic rings. The molecule has 1 atom stereocenters. The second kappa shape index (κ2) is 4.82. The van der Waals surface area contributed by atoms with Crippen LogP contribution >= 0.6 is 0 Å². The van der Waals surface area contributed by atoms with Crippen molar-refractivity contribution in [3.63, 3.8) is 0 Å². The molecule has 0 bridgehead atoms. The number of nitrogens with zero attached hydrogens (tertiary/aromatic N) is 2. The maximum atomic E-state index is 12.0. The standard InChI is InChI=1S/C13H19N3O3S/c1-2-20(17,18)15-5-6-16-11(8-15)9-19-13-7-10(14)3-4-12(13)16/h3-4,7,11H,2,5-6,8-9,14H2,1H3/t11-/m1/s1. The summed E-state index contributed by atoms with van der Waals surface area (Å²) < 4.78 is 31.2. The molecule has 1 fully saturated rings. The number of rotatable bonds is 2. The molecular weight excluding hydrogens is 278 g/mol. The lowest BCUT2D eigenvalue weighted by Crippen LogP contribution is -2.58. The van der Waals surface area contributed by atoms with Gasteiger partial charge in [0.25, 0.3) is 0 Å². The van der Waals surface area contributed by atoms with E-state index in [2.05, 4.69) is 4.90 Å². The van der Waals surface area contributed by atoms with Gasteiger partial charge in [-0.05, 0) is 19.1 Å². The normalized spacial score (nSPS) is 22.9. The largest absolute Gasteiger partial charge is 0.489 e. The van der Waals surface area contributed by atoms with Crippen LogP contribution in [0.3, 0.4) is 0 Å². The zero-order valence-electron chi connectivity index (χ0n) is 11.4. The minimum atomic E-state index is -3.12. The molecule has 2 aliphatic rings. The maximum Gasteiger partial charge on any atom is 0.213 e. The highest BCUT2D eigenvalue weighted by molar-refractivity contribution is 7.89. The monoisotopic (exact) mass is 297 g/mol. The fourth-order valence-electron chi connectivity index (χ4n) is 2.79. The molecule has 6 nitrogen and oxygen atoms in total. The number of hydrogen-bond donors (Lipinski definition) is 1. The Morgan fingerprint density at radius 2 is 2.20 bits per heavy atom. The van der Waals surface area contributed by atoms with E-state index in [0.29, 0.717) is 31.9 Å². The summed E-state index contributed by atoms with van der Waals surface area (Å²) in [7, 11) is -3.12. The summed E-state index contributed by atoms with van der Waals surface area (Å²) in [6, 6.07) is 5.68. The molecule has 110 valence electrons. The van der Waals surface area contributed by atoms with Crippen LogP contribution in [0.25, 0.3) is 0 Å². The van der Waals surface area contributed by atoms with Crippen molar-refractivity contribution in [2.24, 2.45) is 0 Å². The minimum Gasteiger partial charge on any atom is -0.489 e. The summed E-state index contributed by atoms with van der Waals surface area (Å²) in [5.74, 6) is 0.932. The van der Waals surface area contributed by atoms with Crippen LogP contribution in [0.1, 0.15) is 6.92 Å². The Balaban J connectivity index is 1.84. The molecule has 20 heavy (non-hydrogen) atoms. The molecule has 0 amide bonds. The molecule has 0 aromatic heterocycles. The Labute approximate surface area is 119 Å². The molecule has 3 rings (SSSR count). The van der Waals surface area contributed by atoms with Crippen molar-refractivity contribution in [1.29, 1.82) is 0 Å². The van der Waals surface area contributed by atoms with E-state index in [9.17, 15) is 8.42 Å². The van der Waals surface area contributed by atoms with E-state index in [1.165, 1.54) is 0 Å². The van der Waals surface area contributed by atoms with Gasteiger partial charge in [0, 0.05) is 31.4 Å². The second-order valence-electron chi connectivity index (χ2n) is 5.14. The number of anilines is 2. The van der Waals surface area contributed by atoms with Crippen LogP contribution in [0.15, 0.2) is 18.2 Å². The summed E-state index contributed by atoms with van der Waals surface area (Å²) >= 11 is 0. The van der Waals surface area contributed by atoms with Crippen molar-refractivity contribution in [2.75, 3.05) is 42.6 Å². The predicted octanol–water partition coefficient (Wildman–Crippen LogP) is 0.501. The Kier molecular flexibility index (Phi) is 3.25. The summed E-state index contributed by atoms with van der Waals surface area (Å²) in [5, 5.41) is 0. The van der Waals surface area contributed by atoms with Crippen LogP contribution in [0.2, 0.25) is 0 Å². The fourth-order valence-corrected chi connectivity index (χ4v) is 3.92. The highest BCUT2D eigenvalue weighted by Gasteiger charge is 2.36. The molecule has 0 radical (unpaired) electrons. The molecule has 1 saturated heterocycles. The van der Waals surface area contributed by atoms with Gasteiger partial charge in [0.15, 0.2) is 0 Å². The van der Waals surface area contributed by atoms with Gasteiger partial charge >= 0.3 is 0 Å². The lowest BCUT2D eigenvalue weighted by atomic mass is 10.1. The van der Waals surface area contributed by atoms with Gasteiger partial charge in [-0.2, -0.15) is 4.31 Å². The Bertz CT molecular complexity index is 617. The number of sulfonamides is 1. The first kappa shape index (κ1) is 13.5. The van der Waals surface area contributed by atoms with Gasteiger partial charge in [-0.3, -0.25) is 0 Å².